The number of imidazole rings is 1. The number of nitrogens with one attached hydrogen (secondary N) is 1. The van der Waals surface area contributed by atoms with Gasteiger partial charge in [0.25, 0.3) is 5.91 Å². The number of amides is 2. The quantitative estimate of drug-likeness (QED) is 0.234. The Kier molecular flexibility index (Phi) is 10.7. The fraction of sp³-hybridized carbons (Fsp3) is 0.324. The standard InChI is InChI=1S/C34H39N5O7/c1-42-27-11-8-24(9-12-27)29-22-39(26-10-13-30(44-3)31(21-26)45-4)34(35-29)36-32(40)23-38(15-14-37-16-18-46-19-17-37)33(41)25-6-5-7-28(20-25)43-2/h5-13,20-22H,14-19,23H2,1-4H3,(H,35,36,40). The Hall–Kier alpha value is -5.07. The molecule has 3 aromatic carbocycles. The molecule has 1 fully saturated rings. The van der Waals surface area contributed by atoms with Gasteiger partial charge in [-0.15, -0.1) is 0 Å². The minimum absolute atomic E-state index is 0.183. The lowest BCUT2D eigenvalue weighted by Gasteiger charge is -2.30. The van der Waals surface area contributed by atoms with Gasteiger partial charge in [-0.1, -0.05) is 6.07 Å². The van der Waals surface area contributed by atoms with Gasteiger partial charge in [0.1, 0.15) is 18.0 Å². The predicted molar refractivity (Wildman–Crippen MR) is 173 cm³/mol. The first kappa shape index (κ1) is 32.3. The van der Waals surface area contributed by atoms with Crippen LogP contribution in [0.1, 0.15) is 10.4 Å². The van der Waals surface area contributed by atoms with Crippen molar-refractivity contribution in [1.82, 2.24) is 19.4 Å². The summed E-state index contributed by atoms with van der Waals surface area (Å²) < 4.78 is 28.8. The number of anilines is 1. The summed E-state index contributed by atoms with van der Waals surface area (Å²) in [6.45, 7) is 3.59. The van der Waals surface area contributed by atoms with Crippen LogP contribution in [0.4, 0.5) is 5.95 Å². The highest BCUT2D eigenvalue weighted by atomic mass is 16.5. The Labute approximate surface area is 268 Å². The number of hydrogen-bond donors (Lipinski definition) is 1. The van der Waals surface area contributed by atoms with E-state index in [4.69, 9.17) is 28.7 Å². The maximum absolute atomic E-state index is 13.7. The van der Waals surface area contributed by atoms with Crippen molar-refractivity contribution in [1.29, 1.82) is 0 Å². The number of ether oxygens (including phenoxy) is 5. The molecule has 1 aromatic heterocycles. The molecule has 2 heterocycles. The first-order valence-electron chi connectivity index (χ1n) is 14.9. The van der Waals surface area contributed by atoms with Crippen LogP contribution in [0, 0.1) is 0 Å². The molecule has 1 aliphatic heterocycles. The van der Waals surface area contributed by atoms with E-state index < -0.39 is 5.91 Å². The lowest BCUT2D eigenvalue weighted by molar-refractivity contribution is -0.117. The van der Waals surface area contributed by atoms with Crippen molar-refractivity contribution in [3.63, 3.8) is 0 Å². The summed E-state index contributed by atoms with van der Waals surface area (Å²) in [6, 6.07) is 19.8. The summed E-state index contributed by atoms with van der Waals surface area (Å²) in [6.07, 6.45) is 1.83. The molecule has 1 saturated heterocycles. The third-order valence-electron chi connectivity index (χ3n) is 7.72. The molecule has 46 heavy (non-hydrogen) atoms. The average Bonchev–Trinajstić information content (AvgIpc) is 3.53. The van der Waals surface area contributed by atoms with Crippen molar-refractivity contribution in [2.45, 2.75) is 0 Å². The van der Waals surface area contributed by atoms with Crippen LogP contribution in [0.3, 0.4) is 0 Å². The van der Waals surface area contributed by atoms with Crippen molar-refractivity contribution in [2.75, 3.05) is 79.7 Å². The van der Waals surface area contributed by atoms with Crippen LogP contribution in [0.5, 0.6) is 23.0 Å². The van der Waals surface area contributed by atoms with Crippen molar-refractivity contribution < 1.29 is 33.3 Å². The largest absolute Gasteiger partial charge is 0.497 e. The van der Waals surface area contributed by atoms with Crippen LogP contribution in [-0.2, 0) is 9.53 Å². The van der Waals surface area contributed by atoms with Crippen LogP contribution in [0.2, 0.25) is 0 Å². The van der Waals surface area contributed by atoms with Gasteiger partial charge in [-0.2, -0.15) is 0 Å². The van der Waals surface area contributed by atoms with Gasteiger partial charge in [0.15, 0.2) is 11.5 Å². The first-order chi connectivity index (χ1) is 22.4. The monoisotopic (exact) mass is 629 g/mol. The van der Waals surface area contributed by atoms with Gasteiger partial charge in [-0.3, -0.25) is 24.4 Å². The second-order valence-electron chi connectivity index (χ2n) is 10.5. The Bertz CT molecular complexity index is 1630. The summed E-state index contributed by atoms with van der Waals surface area (Å²) in [4.78, 5) is 36.0. The number of aromatic nitrogens is 2. The highest BCUT2D eigenvalue weighted by molar-refractivity contribution is 5.99. The summed E-state index contributed by atoms with van der Waals surface area (Å²) in [5.41, 5.74) is 2.58. The molecular formula is C34H39N5O7. The number of morpholine rings is 1. The van der Waals surface area contributed by atoms with Crippen LogP contribution >= 0.6 is 0 Å². The Morgan fingerprint density at radius 2 is 1.61 bits per heavy atom. The molecule has 0 spiro atoms. The van der Waals surface area contributed by atoms with Gasteiger partial charge in [0.05, 0.1) is 53.0 Å². The second kappa shape index (κ2) is 15.3. The fourth-order valence-electron chi connectivity index (χ4n) is 5.16. The third kappa shape index (κ3) is 7.76. The maximum atomic E-state index is 13.7. The summed E-state index contributed by atoms with van der Waals surface area (Å²) in [5.74, 6) is 1.98. The Balaban J connectivity index is 1.43. The molecule has 0 aliphatic carbocycles. The molecule has 5 rings (SSSR count). The molecule has 2 amide bonds. The Morgan fingerprint density at radius 1 is 0.870 bits per heavy atom. The number of rotatable bonds is 13. The van der Waals surface area contributed by atoms with E-state index in [9.17, 15) is 9.59 Å². The molecule has 0 saturated carbocycles. The zero-order valence-electron chi connectivity index (χ0n) is 26.5. The number of hydrogen-bond acceptors (Lipinski definition) is 9. The van der Waals surface area contributed by atoms with E-state index >= 15 is 0 Å². The fourth-order valence-corrected chi connectivity index (χ4v) is 5.16. The van der Waals surface area contributed by atoms with Crippen molar-refractivity contribution in [2.24, 2.45) is 0 Å². The van der Waals surface area contributed by atoms with Crippen molar-refractivity contribution in [3.05, 3.63) is 78.5 Å². The minimum Gasteiger partial charge on any atom is -0.497 e. The van der Waals surface area contributed by atoms with E-state index in [1.807, 2.05) is 36.5 Å². The van der Waals surface area contributed by atoms with Crippen LogP contribution < -0.4 is 24.3 Å². The third-order valence-corrected chi connectivity index (χ3v) is 7.72. The minimum atomic E-state index is -0.396. The molecule has 0 atom stereocenters. The van der Waals surface area contributed by atoms with Gasteiger partial charge >= 0.3 is 0 Å². The predicted octanol–water partition coefficient (Wildman–Crippen LogP) is 3.99. The van der Waals surface area contributed by atoms with E-state index in [-0.39, 0.29) is 18.4 Å². The molecular weight excluding hydrogens is 590 g/mol. The number of carbonyl (C=O) groups is 2. The zero-order valence-corrected chi connectivity index (χ0v) is 26.5. The smallest absolute Gasteiger partial charge is 0.254 e. The molecule has 0 radical (unpaired) electrons. The number of carbonyl (C=O) groups excluding carboxylic acids is 2. The van der Waals surface area contributed by atoms with Gasteiger partial charge in [-0.05, 0) is 54.6 Å². The lowest BCUT2D eigenvalue weighted by atomic mass is 10.1. The van der Waals surface area contributed by atoms with Crippen molar-refractivity contribution >= 4 is 17.8 Å². The molecule has 4 aromatic rings. The SMILES string of the molecule is COc1ccc(-c2cn(-c3ccc(OC)c(OC)c3)c(NC(=O)CN(CCN3CCOCC3)C(=O)c3cccc(OC)c3)n2)cc1. The normalized spacial score (nSPS) is 13.1. The molecule has 242 valence electrons. The van der Waals surface area contributed by atoms with Gasteiger partial charge in [0.2, 0.25) is 11.9 Å². The van der Waals surface area contributed by atoms with Crippen molar-refractivity contribution in [3.8, 4) is 39.9 Å². The Morgan fingerprint density at radius 3 is 2.30 bits per heavy atom. The summed E-state index contributed by atoms with van der Waals surface area (Å²) >= 11 is 0. The van der Waals surface area contributed by atoms with E-state index in [1.54, 1.807) is 74.3 Å². The molecule has 12 nitrogen and oxygen atoms in total. The van der Waals surface area contributed by atoms with Gasteiger partial charge in [-0.25, -0.2) is 4.98 Å². The highest BCUT2D eigenvalue weighted by Crippen LogP contribution is 2.32. The molecule has 0 unspecified atom stereocenters. The molecule has 0 bridgehead atoms. The topological polar surface area (TPSA) is 117 Å². The van der Waals surface area contributed by atoms with Crippen LogP contribution in [0.15, 0.2) is 72.9 Å². The number of methoxy groups -OCH3 is 4. The lowest BCUT2D eigenvalue weighted by Crippen LogP contribution is -2.45. The van der Waals surface area contributed by atoms with E-state index in [2.05, 4.69) is 10.2 Å². The summed E-state index contributed by atoms with van der Waals surface area (Å²) in [7, 11) is 6.29. The van der Waals surface area contributed by atoms with Gasteiger partial charge < -0.3 is 28.6 Å². The number of benzene rings is 3. The molecule has 1 aliphatic rings. The van der Waals surface area contributed by atoms with E-state index in [0.717, 1.165) is 24.4 Å². The average molecular weight is 630 g/mol. The first-order valence-corrected chi connectivity index (χ1v) is 14.9. The maximum Gasteiger partial charge on any atom is 0.254 e. The van der Waals surface area contributed by atoms with E-state index in [0.29, 0.717) is 60.5 Å². The number of nitrogens with zero attached hydrogens (tertiary/aromatic N) is 4. The zero-order chi connectivity index (χ0) is 32.5. The molecule has 12 heteroatoms. The highest BCUT2D eigenvalue weighted by Gasteiger charge is 2.23. The van der Waals surface area contributed by atoms with E-state index in [1.165, 1.54) is 0 Å². The van der Waals surface area contributed by atoms with Gasteiger partial charge in [0, 0.05) is 49.6 Å². The summed E-state index contributed by atoms with van der Waals surface area (Å²) in [5, 5.41) is 2.95. The second-order valence-corrected chi connectivity index (χ2v) is 10.5. The molecule has 1 N–H and O–H groups in total. The van der Waals surface area contributed by atoms with Crippen LogP contribution in [-0.4, -0.2) is 106 Å². The van der Waals surface area contributed by atoms with Crippen LogP contribution in [0.25, 0.3) is 16.9 Å².